The van der Waals surface area contributed by atoms with Crippen molar-refractivity contribution >= 4 is 22.6 Å². The highest BCUT2D eigenvalue weighted by Gasteiger charge is 2.06. The van der Waals surface area contributed by atoms with Crippen LogP contribution < -0.4 is 4.52 Å². The summed E-state index contributed by atoms with van der Waals surface area (Å²) in [6.45, 7) is 2.00. The molecule has 0 aliphatic rings. The van der Waals surface area contributed by atoms with Crippen LogP contribution in [0.3, 0.4) is 0 Å². The summed E-state index contributed by atoms with van der Waals surface area (Å²) < 4.78 is 10.4. The van der Waals surface area contributed by atoms with Gasteiger partial charge in [0.2, 0.25) is 0 Å². The van der Waals surface area contributed by atoms with Gasteiger partial charge in [-0.05, 0) is 18.6 Å². The summed E-state index contributed by atoms with van der Waals surface area (Å²) in [6.07, 6.45) is 0. The first-order valence-electron chi connectivity index (χ1n) is 3.47. The Morgan fingerprint density at radius 3 is 2.58 bits per heavy atom. The van der Waals surface area contributed by atoms with Crippen LogP contribution in [0.25, 0.3) is 0 Å². The van der Waals surface area contributed by atoms with Gasteiger partial charge in [-0.15, -0.1) is 0 Å². The summed E-state index contributed by atoms with van der Waals surface area (Å²) in [5.41, 5.74) is 1.11. The van der Waals surface area contributed by atoms with Crippen LogP contribution in [0.4, 0.5) is 0 Å². The van der Waals surface area contributed by atoms with Gasteiger partial charge in [0, 0.05) is 22.6 Å². The lowest BCUT2D eigenvalue weighted by Gasteiger charge is -2.10. The Labute approximate surface area is 81.5 Å². The first kappa shape index (κ1) is 9.97. The minimum atomic E-state index is -0.958. The summed E-state index contributed by atoms with van der Waals surface area (Å²) in [5.74, 6) is 0.863. The van der Waals surface area contributed by atoms with E-state index < -0.39 is 7.08 Å². The van der Waals surface area contributed by atoms with Gasteiger partial charge in [0.05, 0.1) is 0 Å². The second-order valence-corrected chi connectivity index (χ2v) is 4.96. The summed E-state index contributed by atoms with van der Waals surface area (Å²) in [5, 5.41) is 0. The minimum absolute atomic E-state index is 0.863. The van der Waals surface area contributed by atoms with Crippen molar-refractivity contribution in [2.45, 2.75) is 6.92 Å². The molecule has 0 bridgehead atoms. The van der Waals surface area contributed by atoms with Crippen molar-refractivity contribution in [2.24, 2.45) is 0 Å². The van der Waals surface area contributed by atoms with Gasteiger partial charge < -0.3 is 9.05 Å². The van der Waals surface area contributed by atoms with Gasteiger partial charge >= 0.3 is 7.08 Å². The van der Waals surface area contributed by atoms with Crippen molar-refractivity contribution in [1.82, 2.24) is 0 Å². The Kier molecular flexibility index (Phi) is 3.99. The van der Waals surface area contributed by atoms with Crippen LogP contribution in [0.5, 0.6) is 5.75 Å². The fourth-order valence-corrected chi connectivity index (χ4v) is 1.68. The van der Waals surface area contributed by atoms with E-state index in [9.17, 15) is 0 Å². The van der Waals surface area contributed by atoms with Crippen molar-refractivity contribution in [1.29, 1.82) is 0 Å². The first-order chi connectivity index (χ1) is 5.74. The Balaban J connectivity index is 2.69. The molecular formula is C8H10BrO2P. The fraction of sp³-hybridized carbons (Fsp3) is 0.250. The second kappa shape index (κ2) is 4.80. The number of aryl methyl sites for hydroxylation is 1. The minimum Gasteiger partial charge on any atom is -0.439 e. The van der Waals surface area contributed by atoms with Gasteiger partial charge in [0.25, 0.3) is 0 Å². The van der Waals surface area contributed by atoms with E-state index in [-0.39, 0.29) is 0 Å². The van der Waals surface area contributed by atoms with Gasteiger partial charge in [-0.25, -0.2) is 0 Å². The molecule has 0 radical (unpaired) electrons. The maximum atomic E-state index is 5.45. The van der Waals surface area contributed by atoms with Crippen molar-refractivity contribution in [3.8, 4) is 5.75 Å². The molecule has 0 saturated heterocycles. The van der Waals surface area contributed by atoms with E-state index in [0.717, 1.165) is 11.3 Å². The average Bonchev–Trinajstić information content (AvgIpc) is 2.09. The molecular weight excluding hydrogens is 239 g/mol. The zero-order valence-electron chi connectivity index (χ0n) is 6.95. The van der Waals surface area contributed by atoms with Crippen LogP contribution >= 0.6 is 22.6 Å². The van der Waals surface area contributed by atoms with Gasteiger partial charge in [0.1, 0.15) is 5.75 Å². The van der Waals surface area contributed by atoms with E-state index in [1.807, 2.05) is 31.2 Å². The lowest BCUT2D eigenvalue weighted by molar-refractivity contribution is 0.412. The van der Waals surface area contributed by atoms with Gasteiger partial charge in [-0.3, -0.25) is 0 Å². The van der Waals surface area contributed by atoms with Crippen molar-refractivity contribution in [3.05, 3.63) is 29.8 Å². The zero-order valence-corrected chi connectivity index (χ0v) is 9.43. The molecule has 12 heavy (non-hydrogen) atoms. The predicted molar refractivity (Wildman–Crippen MR) is 54.7 cm³/mol. The van der Waals surface area contributed by atoms with Crippen molar-refractivity contribution < 1.29 is 9.05 Å². The molecule has 4 heteroatoms. The molecule has 0 fully saturated rings. The number of hydrogen-bond donors (Lipinski definition) is 0. The van der Waals surface area contributed by atoms with E-state index in [1.165, 1.54) is 0 Å². The highest BCUT2D eigenvalue weighted by atomic mass is 79.9. The molecule has 1 unspecified atom stereocenters. The van der Waals surface area contributed by atoms with Crippen molar-refractivity contribution in [3.63, 3.8) is 0 Å². The summed E-state index contributed by atoms with van der Waals surface area (Å²) in [4.78, 5) is 0. The third-order valence-corrected chi connectivity index (χ3v) is 3.34. The third-order valence-electron chi connectivity index (χ3n) is 1.41. The molecule has 0 aromatic heterocycles. The van der Waals surface area contributed by atoms with Crippen LogP contribution in [0.1, 0.15) is 5.56 Å². The normalized spacial score (nSPS) is 12.6. The molecule has 0 aliphatic heterocycles. The summed E-state index contributed by atoms with van der Waals surface area (Å²) in [7, 11) is 0.652. The Bertz CT molecular complexity index is 255. The molecule has 0 aliphatic carbocycles. The lowest BCUT2D eigenvalue weighted by atomic mass is 10.2. The van der Waals surface area contributed by atoms with Gasteiger partial charge in [-0.1, -0.05) is 18.2 Å². The van der Waals surface area contributed by atoms with Gasteiger partial charge in [-0.2, -0.15) is 0 Å². The molecule has 0 saturated carbocycles. The predicted octanol–water partition coefficient (Wildman–Crippen LogP) is 3.64. The van der Waals surface area contributed by atoms with E-state index in [0.29, 0.717) is 0 Å². The number of hydrogen-bond acceptors (Lipinski definition) is 2. The third kappa shape index (κ3) is 2.74. The Hall–Kier alpha value is -0.110. The average molecular weight is 249 g/mol. The van der Waals surface area contributed by atoms with Gasteiger partial charge in [0.15, 0.2) is 0 Å². The van der Waals surface area contributed by atoms with Crippen molar-refractivity contribution in [2.75, 3.05) is 7.11 Å². The second-order valence-electron chi connectivity index (χ2n) is 2.25. The molecule has 1 rings (SSSR count). The maximum absolute atomic E-state index is 5.45. The van der Waals surface area contributed by atoms with Crippen LogP contribution in [-0.2, 0) is 4.52 Å². The molecule has 2 nitrogen and oxygen atoms in total. The van der Waals surface area contributed by atoms with Crippen LogP contribution in [0.15, 0.2) is 24.3 Å². The molecule has 1 atom stereocenters. The number of benzene rings is 1. The van der Waals surface area contributed by atoms with E-state index in [1.54, 1.807) is 7.11 Å². The van der Waals surface area contributed by atoms with Crippen LogP contribution in [0, 0.1) is 6.92 Å². The number of para-hydroxylation sites is 1. The highest BCUT2D eigenvalue weighted by molar-refractivity contribution is 9.38. The van der Waals surface area contributed by atoms with E-state index in [4.69, 9.17) is 9.05 Å². The maximum Gasteiger partial charge on any atom is 0.306 e. The summed E-state index contributed by atoms with van der Waals surface area (Å²) in [6, 6.07) is 7.84. The number of halogens is 1. The first-order valence-corrected chi connectivity index (χ1v) is 6.67. The molecule has 1 aromatic rings. The standard InChI is InChI=1S/C8H10BrO2P/c1-7-5-3-4-6-8(7)11-12(9)10-2/h3-6H,1-2H3. The van der Waals surface area contributed by atoms with Crippen LogP contribution in [-0.4, -0.2) is 7.11 Å². The Morgan fingerprint density at radius 1 is 1.33 bits per heavy atom. The molecule has 0 spiro atoms. The number of rotatable bonds is 3. The molecule has 66 valence electrons. The molecule has 1 aromatic carbocycles. The topological polar surface area (TPSA) is 18.5 Å². The largest absolute Gasteiger partial charge is 0.439 e. The molecule has 0 N–H and O–H groups in total. The molecule has 0 heterocycles. The summed E-state index contributed by atoms with van der Waals surface area (Å²) >= 11 is 3.27. The lowest BCUT2D eigenvalue weighted by Crippen LogP contribution is -1.86. The smallest absolute Gasteiger partial charge is 0.306 e. The highest BCUT2D eigenvalue weighted by Crippen LogP contribution is 2.46. The SMILES string of the molecule is COP(Br)Oc1ccccc1C. The fourth-order valence-electron chi connectivity index (χ4n) is 0.773. The van der Waals surface area contributed by atoms with E-state index >= 15 is 0 Å². The Morgan fingerprint density at radius 2 is 2.00 bits per heavy atom. The quantitative estimate of drug-likeness (QED) is 0.761. The van der Waals surface area contributed by atoms with Crippen LogP contribution in [0.2, 0.25) is 0 Å². The molecule has 0 amide bonds. The zero-order chi connectivity index (χ0) is 8.97. The monoisotopic (exact) mass is 248 g/mol. The van der Waals surface area contributed by atoms with E-state index in [2.05, 4.69) is 15.5 Å².